The van der Waals surface area contributed by atoms with Gasteiger partial charge in [0.2, 0.25) is 6.41 Å². The fourth-order valence-electron chi connectivity index (χ4n) is 0.755. The summed E-state index contributed by atoms with van der Waals surface area (Å²) in [5, 5.41) is 2.58. The molecule has 0 bridgehead atoms. The Kier molecular flexibility index (Phi) is 6.27. The highest BCUT2D eigenvalue weighted by molar-refractivity contribution is 7.79. The van der Waals surface area contributed by atoms with Crippen LogP contribution in [0.3, 0.4) is 0 Å². The van der Waals surface area contributed by atoms with Gasteiger partial charge < -0.3 is 5.32 Å². The van der Waals surface area contributed by atoms with E-state index in [0.29, 0.717) is 13.0 Å². The molecule has 0 aliphatic carbocycles. The number of hydrogen-bond acceptors (Lipinski definition) is 3. The van der Waals surface area contributed by atoms with Crippen LogP contribution in [0, 0.1) is 0 Å². The maximum atomic E-state index is 9.87. The minimum atomic E-state index is -4.67. The van der Waals surface area contributed by atoms with Crippen molar-refractivity contribution in [2.24, 2.45) is 0 Å². The largest absolute Gasteiger partial charge is 0.394 e. The molecule has 1 amide bonds. The Bertz CT molecular complexity index is 367. The average Bonchev–Trinajstić information content (AvgIpc) is 2.14. The van der Waals surface area contributed by atoms with Gasteiger partial charge in [-0.25, -0.2) is 0 Å². The number of rotatable bonds is 3. The molecule has 0 saturated heterocycles. The zero-order valence-electron chi connectivity index (χ0n) is 7.70. The molecular weight excluding hydrogens is 222 g/mol. The third-order valence-corrected chi connectivity index (χ3v) is 1.23. The second kappa shape index (κ2) is 6.93. The van der Waals surface area contributed by atoms with E-state index in [9.17, 15) is 4.79 Å². The predicted octanol–water partition coefficient (Wildman–Crippen LogP) is 0.280. The van der Waals surface area contributed by atoms with Crippen molar-refractivity contribution in [3.63, 3.8) is 0 Å². The first-order valence-corrected chi connectivity index (χ1v) is 5.24. The number of hydrogen-bond donors (Lipinski definition) is 3. The summed E-state index contributed by atoms with van der Waals surface area (Å²) in [5.41, 5.74) is 1.12. The highest BCUT2D eigenvalue weighted by atomic mass is 32.3. The molecule has 15 heavy (non-hydrogen) atoms. The van der Waals surface area contributed by atoms with E-state index in [1.807, 2.05) is 30.3 Å². The Morgan fingerprint density at radius 1 is 1.20 bits per heavy atom. The smallest absolute Gasteiger partial charge is 0.355 e. The van der Waals surface area contributed by atoms with Crippen molar-refractivity contribution in [3.8, 4) is 0 Å². The summed E-state index contributed by atoms with van der Waals surface area (Å²) in [7, 11) is -4.67. The van der Waals surface area contributed by atoms with Crippen LogP contribution in [-0.4, -0.2) is 23.9 Å². The number of benzene rings is 1. The number of carbonyl (C=O) groups is 1. The van der Waals surface area contributed by atoms with Crippen molar-refractivity contribution in [3.05, 3.63) is 35.9 Å². The van der Waals surface area contributed by atoms with Crippen LogP contribution in [0.2, 0.25) is 0 Å². The van der Waals surface area contributed by atoms with Crippen molar-refractivity contribution < 1.29 is 22.3 Å². The van der Waals surface area contributed by atoms with E-state index in [-0.39, 0.29) is 0 Å². The number of amides is 1. The molecule has 0 aliphatic heterocycles. The molecule has 0 saturated carbocycles. The molecule has 3 N–H and O–H groups in total. The molecule has 0 heterocycles. The Morgan fingerprint density at radius 2 is 1.67 bits per heavy atom. The van der Waals surface area contributed by atoms with Crippen LogP contribution < -0.4 is 5.32 Å². The molecule has 0 radical (unpaired) electrons. The zero-order valence-corrected chi connectivity index (χ0v) is 8.52. The van der Waals surface area contributed by atoms with E-state index < -0.39 is 10.4 Å². The van der Waals surface area contributed by atoms with Crippen molar-refractivity contribution in [1.82, 2.24) is 5.32 Å². The summed E-state index contributed by atoms with van der Waals surface area (Å²) in [5.74, 6) is 0. The second-order valence-corrected chi connectivity index (χ2v) is 3.33. The fourth-order valence-corrected chi connectivity index (χ4v) is 0.755. The zero-order chi connectivity index (χ0) is 11.7. The van der Waals surface area contributed by atoms with E-state index in [1.54, 1.807) is 0 Å². The van der Waals surface area contributed by atoms with Crippen LogP contribution in [0.25, 0.3) is 0 Å². The molecule has 7 heteroatoms. The minimum absolute atomic E-state index is 0.615. The Balaban J connectivity index is 0.000000336. The summed E-state index contributed by atoms with van der Waals surface area (Å²) in [6.07, 6.45) is 0.701. The summed E-state index contributed by atoms with van der Waals surface area (Å²) in [6.45, 7) is 0.615. The van der Waals surface area contributed by atoms with Gasteiger partial charge in [0.25, 0.3) is 0 Å². The highest BCUT2D eigenvalue weighted by Crippen LogP contribution is 1.95. The SMILES string of the molecule is O=CNCc1ccccc1.O=S(=O)(O)O. The van der Waals surface area contributed by atoms with Gasteiger partial charge in [-0.3, -0.25) is 13.9 Å². The lowest BCUT2D eigenvalue weighted by molar-refractivity contribution is -0.109. The van der Waals surface area contributed by atoms with Gasteiger partial charge in [-0.2, -0.15) is 8.42 Å². The van der Waals surface area contributed by atoms with E-state index in [4.69, 9.17) is 17.5 Å². The lowest BCUT2D eigenvalue weighted by Gasteiger charge is -1.96. The molecule has 6 nitrogen and oxygen atoms in total. The average molecular weight is 233 g/mol. The second-order valence-electron chi connectivity index (χ2n) is 2.43. The quantitative estimate of drug-likeness (QED) is 0.514. The molecule has 1 rings (SSSR count). The van der Waals surface area contributed by atoms with Crippen molar-refractivity contribution in [1.29, 1.82) is 0 Å². The molecule has 0 spiro atoms. The highest BCUT2D eigenvalue weighted by Gasteiger charge is 1.85. The van der Waals surface area contributed by atoms with Gasteiger partial charge in [0, 0.05) is 6.54 Å². The summed E-state index contributed by atoms with van der Waals surface area (Å²) in [6, 6.07) is 9.78. The maximum absolute atomic E-state index is 9.87. The molecule has 1 aromatic rings. The van der Waals surface area contributed by atoms with Crippen LogP contribution in [0.15, 0.2) is 30.3 Å². The Labute approximate surface area is 87.5 Å². The summed E-state index contributed by atoms with van der Waals surface area (Å²) in [4.78, 5) is 9.87. The standard InChI is InChI=1S/C8H9NO.H2O4S/c10-7-9-6-8-4-2-1-3-5-8;1-5(2,3)4/h1-5,7H,6H2,(H,9,10);(H2,1,2,3,4). The molecule has 1 aromatic carbocycles. The first kappa shape index (κ1) is 13.6. The summed E-state index contributed by atoms with van der Waals surface area (Å²) >= 11 is 0. The summed E-state index contributed by atoms with van der Waals surface area (Å²) < 4.78 is 31.6. The monoisotopic (exact) mass is 233 g/mol. The van der Waals surface area contributed by atoms with Gasteiger partial charge in [0.15, 0.2) is 0 Å². The van der Waals surface area contributed by atoms with Crippen molar-refractivity contribution in [2.45, 2.75) is 6.54 Å². The van der Waals surface area contributed by atoms with Crippen LogP contribution in [-0.2, 0) is 21.7 Å². The van der Waals surface area contributed by atoms with Crippen LogP contribution in [0.1, 0.15) is 5.56 Å². The van der Waals surface area contributed by atoms with Gasteiger partial charge >= 0.3 is 10.4 Å². The van der Waals surface area contributed by atoms with Crippen LogP contribution >= 0.6 is 0 Å². The lowest BCUT2D eigenvalue weighted by atomic mass is 10.2. The Hall–Kier alpha value is -1.44. The van der Waals surface area contributed by atoms with Crippen molar-refractivity contribution in [2.75, 3.05) is 0 Å². The Morgan fingerprint density at radius 3 is 2.07 bits per heavy atom. The molecule has 0 unspecified atom stereocenters. The van der Waals surface area contributed by atoms with Gasteiger partial charge in [-0.15, -0.1) is 0 Å². The molecule has 0 aliphatic rings. The van der Waals surface area contributed by atoms with Gasteiger partial charge in [-0.05, 0) is 5.56 Å². The van der Waals surface area contributed by atoms with Gasteiger partial charge in [0.1, 0.15) is 0 Å². The number of carbonyl (C=O) groups excluding carboxylic acids is 1. The first-order chi connectivity index (χ1) is 6.93. The number of nitrogens with one attached hydrogen (secondary N) is 1. The van der Waals surface area contributed by atoms with Crippen LogP contribution in [0.4, 0.5) is 0 Å². The minimum Gasteiger partial charge on any atom is -0.355 e. The molecular formula is C8H11NO5S. The maximum Gasteiger partial charge on any atom is 0.394 e. The van der Waals surface area contributed by atoms with Crippen molar-refractivity contribution >= 4 is 16.8 Å². The van der Waals surface area contributed by atoms with E-state index in [1.165, 1.54) is 0 Å². The topological polar surface area (TPSA) is 104 Å². The van der Waals surface area contributed by atoms with E-state index >= 15 is 0 Å². The fraction of sp³-hybridized carbons (Fsp3) is 0.125. The third kappa shape index (κ3) is 12.6. The van der Waals surface area contributed by atoms with Gasteiger partial charge in [-0.1, -0.05) is 30.3 Å². The normalized spacial score (nSPS) is 9.73. The molecule has 0 fully saturated rings. The van der Waals surface area contributed by atoms with Gasteiger partial charge in [0.05, 0.1) is 0 Å². The molecule has 0 atom stereocenters. The third-order valence-electron chi connectivity index (χ3n) is 1.23. The van der Waals surface area contributed by atoms with E-state index in [2.05, 4.69) is 5.32 Å². The molecule has 0 aromatic heterocycles. The lowest BCUT2D eigenvalue weighted by Crippen LogP contribution is -2.09. The first-order valence-electron chi connectivity index (χ1n) is 3.84. The van der Waals surface area contributed by atoms with Crippen LogP contribution in [0.5, 0.6) is 0 Å². The molecule has 84 valence electrons. The van der Waals surface area contributed by atoms with E-state index in [0.717, 1.165) is 5.56 Å². The predicted molar refractivity (Wildman–Crippen MR) is 53.5 cm³/mol.